The SMILES string of the molecule is COCCOCCCNCC(N)=NO. The van der Waals surface area contributed by atoms with E-state index in [1.165, 1.54) is 0 Å². The van der Waals surface area contributed by atoms with E-state index in [4.69, 9.17) is 20.4 Å². The zero-order valence-electron chi connectivity index (χ0n) is 8.53. The predicted molar refractivity (Wildman–Crippen MR) is 53.6 cm³/mol. The molecule has 0 amide bonds. The number of nitrogens with two attached hydrogens (primary N) is 1. The van der Waals surface area contributed by atoms with E-state index in [9.17, 15) is 0 Å². The normalized spacial score (nSPS) is 11.9. The summed E-state index contributed by atoms with van der Waals surface area (Å²) in [5.41, 5.74) is 5.24. The molecule has 6 heteroatoms. The number of hydrogen-bond donors (Lipinski definition) is 3. The van der Waals surface area contributed by atoms with Crippen LogP contribution in [0.3, 0.4) is 0 Å². The Morgan fingerprint density at radius 2 is 2.21 bits per heavy atom. The van der Waals surface area contributed by atoms with Crippen LogP contribution in [0.2, 0.25) is 0 Å². The highest BCUT2D eigenvalue weighted by Crippen LogP contribution is 1.81. The third kappa shape index (κ3) is 9.24. The summed E-state index contributed by atoms with van der Waals surface area (Å²) in [6.07, 6.45) is 0.891. The average molecular weight is 205 g/mol. The fourth-order valence-corrected chi connectivity index (χ4v) is 0.795. The van der Waals surface area contributed by atoms with Crippen LogP contribution >= 0.6 is 0 Å². The topological polar surface area (TPSA) is 89.1 Å². The summed E-state index contributed by atoms with van der Waals surface area (Å²) in [4.78, 5) is 0. The summed E-state index contributed by atoms with van der Waals surface area (Å²) in [6.45, 7) is 3.11. The van der Waals surface area contributed by atoms with Gasteiger partial charge in [0.15, 0.2) is 5.84 Å². The fourth-order valence-electron chi connectivity index (χ4n) is 0.795. The first-order valence-corrected chi connectivity index (χ1v) is 4.55. The number of hydrogen-bond acceptors (Lipinski definition) is 5. The lowest BCUT2D eigenvalue weighted by Crippen LogP contribution is -2.30. The van der Waals surface area contributed by atoms with E-state index in [2.05, 4.69) is 10.5 Å². The van der Waals surface area contributed by atoms with Crippen LogP contribution in [0.1, 0.15) is 6.42 Å². The molecule has 0 aromatic heterocycles. The van der Waals surface area contributed by atoms with Gasteiger partial charge >= 0.3 is 0 Å². The Hall–Kier alpha value is -0.850. The lowest BCUT2D eigenvalue weighted by molar-refractivity contribution is 0.0696. The van der Waals surface area contributed by atoms with Crippen LogP contribution in [0.15, 0.2) is 5.16 Å². The number of amidine groups is 1. The average Bonchev–Trinajstić information content (AvgIpc) is 2.21. The summed E-state index contributed by atoms with van der Waals surface area (Å²) in [5, 5.41) is 14.0. The van der Waals surface area contributed by atoms with Gasteiger partial charge in [0.25, 0.3) is 0 Å². The summed E-state index contributed by atoms with van der Waals surface area (Å²) in [7, 11) is 1.64. The second-order valence-electron chi connectivity index (χ2n) is 2.73. The van der Waals surface area contributed by atoms with Crippen LogP contribution in [0.25, 0.3) is 0 Å². The van der Waals surface area contributed by atoms with Gasteiger partial charge in [-0.25, -0.2) is 0 Å². The third-order valence-electron chi connectivity index (χ3n) is 1.51. The molecular weight excluding hydrogens is 186 g/mol. The molecular formula is C8H19N3O3. The molecule has 0 aliphatic rings. The molecule has 6 nitrogen and oxygen atoms in total. The van der Waals surface area contributed by atoms with Gasteiger partial charge in [-0.2, -0.15) is 0 Å². The van der Waals surface area contributed by atoms with Crippen molar-refractivity contribution in [3.63, 3.8) is 0 Å². The number of nitrogens with zero attached hydrogens (tertiary/aromatic N) is 1. The van der Waals surface area contributed by atoms with E-state index >= 15 is 0 Å². The van der Waals surface area contributed by atoms with Gasteiger partial charge < -0.3 is 25.7 Å². The van der Waals surface area contributed by atoms with Gasteiger partial charge in [0.05, 0.1) is 19.8 Å². The van der Waals surface area contributed by atoms with Crippen LogP contribution in [-0.4, -0.2) is 51.1 Å². The quantitative estimate of drug-likeness (QED) is 0.153. The Morgan fingerprint density at radius 3 is 2.86 bits per heavy atom. The van der Waals surface area contributed by atoms with E-state index in [0.717, 1.165) is 13.0 Å². The van der Waals surface area contributed by atoms with Crippen molar-refractivity contribution in [2.24, 2.45) is 10.9 Å². The molecule has 0 bridgehead atoms. The van der Waals surface area contributed by atoms with E-state index in [0.29, 0.717) is 26.4 Å². The van der Waals surface area contributed by atoms with Gasteiger partial charge in [-0.3, -0.25) is 0 Å². The van der Waals surface area contributed by atoms with Crippen molar-refractivity contribution < 1.29 is 14.7 Å². The molecule has 0 atom stereocenters. The molecule has 0 fully saturated rings. The van der Waals surface area contributed by atoms with E-state index in [-0.39, 0.29) is 5.84 Å². The van der Waals surface area contributed by atoms with Gasteiger partial charge in [-0.05, 0) is 13.0 Å². The highest BCUT2D eigenvalue weighted by Gasteiger charge is 1.92. The van der Waals surface area contributed by atoms with E-state index in [1.807, 2.05) is 0 Å². The number of oxime groups is 1. The molecule has 0 saturated heterocycles. The number of methoxy groups -OCH3 is 1. The first kappa shape index (κ1) is 13.2. The maximum Gasteiger partial charge on any atom is 0.153 e. The van der Waals surface area contributed by atoms with Crippen molar-refractivity contribution in [1.29, 1.82) is 0 Å². The molecule has 4 N–H and O–H groups in total. The maximum atomic E-state index is 8.22. The lowest BCUT2D eigenvalue weighted by Gasteiger charge is -2.04. The molecule has 0 radical (unpaired) electrons. The van der Waals surface area contributed by atoms with Crippen molar-refractivity contribution >= 4 is 5.84 Å². The van der Waals surface area contributed by atoms with Gasteiger partial charge in [0, 0.05) is 13.7 Å². The van der Waals surface area contributed by atoms with Crippen LogP contribution in [0, 0.1) is 0 Å². The Labute approximate surface area is 84.1 Å². The van der Waals surface area contributed by atoms with Crippen molar-refractivity contribution in [3.8, 4) is 0 Å². The van der Waals surface area contributed by atoms with Gasteiger partial charge in [0.2, 0.25) is 0 Å². The first-order valence-electron chi connectivity index (χ1n) is 4.55. The zero-order chi connectivity index (χ0) is 10.6. The molecule has 0 spiro atoms. The molecule has 0 aromatic rings. The Balaban J connectivity index is 2.99. The van der Waals surface area contributed by atoms with Crippen LogP contribution in [0.4, 0.5) is 0 Å². The molecule has 0 aliphatic heterocycles. The first-order chi connectivity index (χ1) is 6.81. The van der Waals surface area contributed by atoms with E-state index < -0.39 is 0 Å². The number of rotatable bonds is 9. The standard InChI is InChI=1S/C8H19N3O3/c1-13-5-6-14-4-2-3-10-7-8(9)11-12/h10,12H,2-7H2,1H3,(H2,9,11). The third-order valence-corrected chi connectivity index (χ3v) is 1.51. The van der Waals surface area contributed by atoms with Crippen molar-refractivity contribution in [2.75, 3.05) is 40.0 Å². The second kappa shape index (κ2) is 10.2. The summed E-state index contributed by atoms with van der Waals surface area (Å²) in [5.74, 6) is 0.185. The molecule has 14 heavy (non-hydrogen) atoms. The molecule has 0 aliphatic carbocycles. The fraction of sp³-hybridized carbons (Fsp3) is 0.875. The number of nitrogens with one attached hydrogen (secondary N) is 1. The highest BCUT2D eigenvalue weighted by molar-refractivity contribution is 5.81. The minimum absolute atomic E-state index is 0.185. The number of ether oxygens (including phenoxy) is 2. The van der Waals surface area contributed by atoms with Crippen molar-refractivity contribution in [3.05, 3.63) is 0 Å². The monoisotopic (exact) mass is 205 g/mol. The van der Waals surface area contributed by atoms with Crippen LogP contribution in [-0.2, 0) is 9.47 Å². The van der Waals surface area contributed by atoms with Gasteiger partial charge in [-0.1, -0.05) is 5.16 Å². The van der Waals surface area contributed by atoms with Crippen LogP contribution < -0.4 is 11.1 Å². The predicted octanol–water partition coefficient (Wildman–Crippen LogP) is -0.624. The van der Waals surface area contributed by atoms with Gasteiger partial charge in [0.1, 0.15) is 0 Å². The summed E-state index contributed by atoms with van der Waals surface area (Å²) >= 11 is 0. The smallest absolute Gasteiger partial charge is 0.153 e. The molecule has 0 saturated carbocycles. The Morgan fingerprint density at radius 1 is 1.43 bits per heavy atom. The maximum absolute atomic E-state index is 8.22. The minimum atomic E-state index is 0.185. The lowest BCUT2D eigenvalue weighted by atomic mass is 10.4. The van der Waals surface area contributed by atoms with Gasteiger partial charge in [-0.15, -0.1) is 0 Å². The van der Waals surface area contributed by atoms with Crippen molar-refractivity contribution in [1.82, 2.24) is 5.32 Å². The second-order valence-corrected chi connectivity index (χ2v) is 2.73. The zero-order valence-corrected chi connectivity index (χ0v) is 8.53. The summed E-state index contributed by atoms with van der Waals surface area (Å²) in [6, 6.07) is 0. The molecule has 84 valence electrons. The van der Waals surface area contributed by atoms with Crippen molar-refractivity contribution in [2.45, 2.75) is 6.42 Å². The minimum Gasteiger partial charge on any atom is -0.409 e. The molecule has 0 heterocycles. The molecule has 0 rings (SSSR count). The Kier molecular flexibility index (Phi) is 9.61. The van der Waals surface area contributed by atoms with E-state index in [1.54, 1.807) is 7.11 Å². The largest absolute Gasteiger partial charge is 0.409 e. The van der Waals surface area contributed by atoms with Crippen LogP contribution in [0.5, 0.6) is 0 Å². The Bertz CT molecular complexity index is 153. The molecule has 0 aromatic carbocycles. The highest BCUT2D eigenvalue weighted by atomic mass is 16.5. The summed E-state index contributed by atoms with van der Waals surface area (Å²) < 4.78 is 10.0. The molecule has 0 unspecified atom stereocenters.